The van der Waals surface area contributed by atoms with Crippen molar-refractivity contribution in [3.63, 3.8) is 0 Å². The standard InChI is InChI=1S/C29H35FN2O6/c1-16-12-20-19-9-8-17-13-18(33)10-11-26(17,2)28(19,30)23(34)14-27(20,3)29(16,37)24(35)15-38-25(36)32-22-7-5-4-6-21(22)31/h4-7,10-11,13,16,19-20,23,34,37H,8-9,12,14-15,31H2,1-3H3,(H,32,36). The van der Waals surface area contributed by atoms with Crippen molar-refractivity contribution < 1.29 is 33.7 Å². The first kappa shape index (κ1) is 26.6. The molecule has 1 amide bonds. The topological polar surface area (TPSA) is 139 Å². The van der Waals surface area contributed by atoms with Crippen molar-refractivity contribution >= 4 is 29.0 Å². The Balaban J connectivity index is 1.39. The number of hydrogen-bond donors (Lipinski definition) is 4. The first-order valence-corrected chi connectivity index (χ1v) is 13.1. The maximum absolute atomic E-state index is 17.2. The molecule has 204 valence electrons. The van der Waals surface area contributed by atoms with E-state index in [-0.39, 0.29) is 12.2 Å². The quantitative estimate of drug-likeness (QED) is 0.439. The Kier molecular flexibility index (Phi) is 6.11. The number of para-hydroxylation sites is 2. The van der Waals surface area contributed by atoms with Crippen molar-refractivity contribution in [2.24, 2.45) is 28.6 Å². The zero-order chi connectivity index (χ0) is 27.7. The zero-order valence-electron chi connectivity index (χ0n) is 21.9. The third-order valence-electron chi connectivity index (χ3n) is 10.2. The zero-order valence-corrected chi connectivity index (χ0v) is 21.9. The second-order valence-electron chi connectivity index (χ2n) is 11.9. The number of rotatable bonds is 4. The molecule has 8 atom stereocenters. The van der Waals surface area contributed by atoms with Crippen LogP contribution in [0.3, 0.4) is 0 Å². The molecular weight excluding hydrogens is 491 g/mol. The summed E-state index contributed by atoms with van der Waals surface area (Å²) in [6.45, 7) is 4.52. The van der Waals surface area contributed by atoms with Crippen LogP contribution in [0.15, 0.2) is 48.1 Å². The van der Waals surface area contributed by atoms with Crippen molar-refractivity contribution in [3.8, 4) is 0 Å². The number of benzene rings is 1. The van der Waals surface area contributed by atoms with Gasteiger partial charge in [-0.05, 0) is 68.7 Å². The van der Waals surface area contributed by atoms with Crippen molar-refractivity contribution in [2.45, 2.75) is 63.8 Å². The largest absolute Gasteiger partial charge is 0.441 e. The molecule has 8 nitrogen and oxygen atoms in total. The van der Waals surface area contributed by atoms with Gasteiger partial charge in [0, 0.05) is 16.7 Å². The van der Waals surface area contributed by atoms with Gasteiger partial charge < -0.3 is 20.7 Å². The normalized spacial score (nSPS) is 41.4. The molecule has 3 fully saturated rings. The fourth-order valence-electron chi connectivity index (χ4n) is 8.14. The van der Waals surface area contributed by atoms with Crippen molar-refractivity contribution in [1.29, 1.82) is 0 Å². The number of allylic oxidation sites excluding steroid dienone is 4. The fourth-order valence-corrected chi connectivity index (χ4v) is 8.14. The van der Waals surface area contributed by atoms with Gasteiger partial charge in [-0.2, -0.15) is 0 Å². The summed E-state index contributed by atoms with van der Waals surface area (Å²) in [4.78, 5) is 37.9. The van der Waals surface area contributed by atoms with Gasteiger partial charge in [-0.25, -0.2) is 9.18 Å². The molecular formula is C29H35FN2O6. The highest BCUT2D eigenvalue weighted by Crippen LogP contribution is 2.70. The average Bonchev–Trinajstić information content (AvgIpc) is 3.07. The number of Topliss-reactive ketones (excluding diaryl/α,β-unsaturated/α-hetero) is 1. The number of nitrogens with one attached hydrogen (secondary N) is 1. The number of fused-ring (bicyclic) bond motifs is 5. The monoisotopic (exact) mass is 526 g/mol. The van der Waals surface area contributed by atoms with Crippen molar-refractivity contribution in [2.75, 3.05) is 17.7 Å². The van der Waals surface area contributed by atoms with E-state index in [0.29, 0.717) is 36.2 Å². The van der Waals surface area contributed by atoms with E-state index in [1.54, 1.807) is 51.1 Å². The van der Waals surface area contributed by atoms with Gasteiger partial charge in [0.1, 0.15) is 5.60 Å². The SMILES string of the molecule is CC1CC2C3CCC4=CC(=O)C=CC4(C)C3(F)C(O)CC2(C)C1(O)C(=O)COC(=O)Nc1ccccc1N. The smallest absolute Gasteiger partial charge is 0.412 e. The summed E-state index contributed by atoms with van der Waals surface area (Å²) in [6.07, 6.45) is 3.16. The molecule has 0 aromatic heterocycles. The summed E-state index contributed by atoms with van der Waals surface area (Å²) in [5.74, 6) is -2.46. The van der Waals surface area contributed by atoms with E-state index in [4.69, 9.17) is 10.5 Å². The number of aliphatic hydroxyl groups excluding tert-OH is 1. The van der Waals surface area contributed by atoms with Crippen LogP contribution in [-0.2, 0) is 14.3 Å². The lowest BCUT2D eigenvalue weighted by molar-refractivity contribution is -0.219. The molecule has 5 N–H and O–H groups in total. The molecule has 0 aliphatic heterocycles. The first-order valence-electron chi connectivity index (χ1n) is 13.1. The molecule has 1 aromatic rings. The molecule has 8 unspecified atom stereocenters. The van der Waals surface area contributed by atoms with Crippen LogP contribution >= 0.6 is 0 Å². The van der Waals surface area contributed by atoms with E-state index >= 15 is 4.39 Å². The van der Waals surface area contributed by atoms with E-state index in [1.807, 2.05) is 0 Å². The Morgan fingerprint density at radius 3 is 2.66 bits per heavy atom. The number of ketones is 2. The lowest BCUT2D eigenvalue weighted by atomic mass is 9.44. The molecule has 3 saturated carbocycles. The molecule has 5 rings (SSSR count). The van der Waals surface area contributed by atoms with Crippen molar-refractivity contribution in [1.82, 2.24) is 0 Å². The molecule has 38 heavy (non-hydrogen) atoms. The molecule has 9 heteroatoms. The number of anilines is 2. The number of ether oxygens (including phenoxy) is 1. The van der Waals surface area contributed by atoms with Gasteiger partial charge in [0.2, 0.25) is 5.78 Å². The second-order valence-corrected chi connectivity index (χ2v) is 11.9. The Bertz CT molecular complexity index is 1260. The van der Waals surface area contributed by atoms with E-state index in [2.05, 4.69) is 5.32 Å². The molecule has 1 aromatic carbocycles. The Labute approximate surface area is 221 Å². The first-order chi connectivity index (χ1) is 17.8. The third kappa shape index (κ3) is 3.44. The van der Waals surface area contributed by atoms with Crippen molar-refractivity contribution in [3.05, 3.63) is 48.1 Å². The number of aliphatic hydroxyl groups is 2. The lowest BCUT2D eigenvalue weighted by Crippen LogP contribution is -2.69. The van der Waals surface area contributed by atoms with Gasteiger partial charge >= 0.3 is 6.09 Å². The van der Waals surface area contributed by atoms with Crippen LogP contribution in [-0.4, -0.2) is 51.9 Å². The highest BCUT2D eigenvalue weighted by atomic mass is 19.1. The lowest BCUT2D eigenvalue weighted by Gasteiger charge is -2.62. The Morgan fingerprint density at radius 1 is 1.24 bits per heavy atom. The molecule has 4 aliphatic carbocycles. The highest BCUT2D eigenvalue weighted by Gasteiger charge is 2.75. The predicted octanol–water partition coefficient (Wildman–Crippen LogP) is 3.73. The highest BCUT2D eigenvalue weighted by molar-refractivity contribution is 6.01. The number of amides is 1. The minimum absolute atomic E-state index is 0.144. The second kappa shape index (κ2) is 8.74. The molecule has 0 spiro atoms. The number of nitrogens with two attached hydrogens (primary N) is 1. The number of carbonyl (C=O) groups is 3. The molecule has 0 radical (unpaired) electrons. The Hall–Kier alpha value is -3.04. The summed E-state index contributed by atoms with van der Waals surface area (Å²) in [6, 6.07) is 6.59. The number of halogens is 1. The van der Waals surface area contributed by atoms with Gasteiger partial charge in [-0.1, -0.05) is 37.6 Å². The Morgan fingerprint density at radius 2 is 1.95 bits per heavy atom. The van der Waals surface area contributed by atoms with E-state index < -0.39 is 64.4 Å². The molecule has 4 aliphatic rings. The van der Waals surface area contributed by atoms with Gasteiger partial charge in [-0.3, -0.25) is 14.9 Å². The van der Waals surface area contributed by atoms with Gasteiger partial charge in [-0.15, -0.1) is 0 Å². The summed E-state index contributed by atoms with van der Waals surface area (Å²) in [7, 11) is 0. The number of carbonyl (C=O) groups excluding carboxylic acids is 3. The van der Waals surface area contributed by atoms with Gasteiger partial charge in [0.05, 0.1) is 17.5 Å². The fraction of sp³-hybridized carbons (Fsp3) is 0.552. The number of alkyl halides is 1. The van der Waals surface area contributed by atoms with Crippen LogP contribution in [0.1, 0.15) is 46.5 Å². The van der Waals surface area contributed by atoms with E-state index in [0.717, 1.165) is 0 Å². The van der Waals surface area contributed by atoms with Crippen LogP contribution in [0.2, 0.25) is 0 Å². The predicted molar refractivity (Wildman–Crippen MR) is 139 cm³/mol. The third-order valence-corrected chi connectivity index (χ3v) is 10.2. The van der Waals surface area contributed by atoms with Crippen LogP contribution in [0.4, 0.5) is 20.6 Å². The summed E-state index contributed by atoms with van der Waals surface area (Å²) in [5, 5.41) is 25.9. The van der Waals surface area contributed by atoms with Crippen LogP contribution in [0.5, 0.6) is 0 Å². The maximum atomic E-state index is 17.2. The summed E-state index contributed by atoms with van der Waals surface area (Å²) < 4.78 is 22.4. The van der Waals surface area contributed by atoms with Crippen LogP contribution in [0.25, 0.3) is 0 Å². The van der Waals surface area contributed by atoms with E-state index in [1.165, 1.54) is 12.2 Å². The van der Waals surface area contributed by atoms with E-state index in [9.17, 15) is 24.6 Å². The minimum Gasteiger partial charge on any atom is -0.441 e. The average molecular weight is 527 g/mol. The van der Waals surface area contributed by atoms with Crippen LogP contribution in [0, 0.1) is 28.6 Å². The number of hydrogen-bond acceptors (Lipinski definition) is 7. The minimum atomic E-state index is -2.06. The van der Waals surface area contributed by atoms with Crippen LogP contribution < -0.4 is 11.1 Å². The number of nitrogen functional groups attached to an aromatic ring is 1. The molecule has 0 bridgehead atoms. The summed E-state index contributed by atoms with van der Waals surface area (Å²) in [5.41, 5.74) is 0.882. The maximum Gasteiger partial charge on any atom is 0.412 e. The summed E-state index contributed by atoms with van der Waals surface area (Å²) >= 11 is 0. The van der Waals surface area contributed by atoms with Gasteiger partial charge in [0.25, 0.3) is 0 Å². The molecule has 0 heterocycles. The van der Waals surface area contributed by atoms with Gasteiger partial charge in [0.15, 0.2) is 18.1 Å². The molecule has 0 saturated heterocycles.